The van der Waals surface area contributed by atoms with Crippen molar-refractivity contribution in [2.45, 2.75) is 52.1 Å². The van der Waals surface area contributed by atoms with Gasteiger partial charge in [0.15, 0.2) is 0 Å². The van der Waals surface area contributed by atoms with Crippen molar-refractivity contribution in [3.63, 3.8) is 0 Å². The Labute approximate surface area is 191 Å². The molecule has 2 heterocycles. The third-order valence-electron chi connectivity index (χ3n) is 6.22. The fourth-order valence-electron chi connectivity index (χ4n) is 4.35. The molecule has 0 bridgehead atoms. The summed E-state index contributed by atoms with van der Waals surface area (Å²) in [6.45, 7) is 5.76. The van der Waals surface area contributed by atoms with Crippen LogP contribution in [0.3, 0.4) is 0 Å². The molecule has 32 heavy (non-hydrogen) atoms. The highest BCUT2D eigenvalue weighted by molar-refractivity contribution is 7.15. The number of nitrogens with one attached hydrogen (secondary N) is 1. The predicted octanol–water partition coefficient (Wildman–Crippen LogP) is 5.06. The van der Waals surface area contributed by atoms with E-state index in [4.69, 9.17) is 0 Å². The molecule has 0 saturated heterocycles. The number of aryl methyl sites for hydroxylation is 2. The van der Waals surface area contributed by atoms with E-state index in [1.807, 2.05) is 32.0 Å². The second kappa shape index (κ2) is 8.96. The van der Waals surface area contributed by atoms with Gasteiger partial charge in [-0.1, -0.05) is 6.07 Å². The molecule has 0 aliphatic heterocycles. The van der Waals surface area contributed by atoms with E-state index in [9.17, 15) is 15.0 Å². The molecule has 1 aliphatic carbocycles. The maximum absolute atomic E-state index is 11.3. The zero-order valence-electron chi connectivity index (χ0n) is 18.5. The summed E-state index contributed by atoms with van der Waals surface area (Å²) in [6.07, 6.45) is 6.11. The lowest BCUT2D eigenvalue weighted by atomic mass is 9.74. The fourth-order valence-corrected chi connectivity index (χ4v) is 5.38. The van der Waals surface area contributed by atoms with Gasteiger partial charge in [-0.2, -0.15) is 0 Å². The smallest absolute Gasteiger partial charge is 0.306 e. The number of hydrogen-bond acceptors (Lipinski definition) is 7. The number of thiazole rings is 1. The Bertz CT molecular complexity index is 1120. The summed E-state index contributed by atoms with van der Waals surface area (Å²) in [5, 5.41) is 24.5. The lowest BCUT2D eigenvalue weighted by Crippen LogP contribution is -2.35. The second-order valence-electron chi connectivity index (χ2n) is 8.80. The minimum Gasteiger partial charge on any atom is -0.481 e. The maximum atomic E-state index is 11.3. The van der Waals surface area contributed by atoms with Crippen LogP contribution in [0.2, 0.25) is 0 Å². The minimum absolute atomic E-state index is 0.00491. The van der Waals surface area contributed by atoms with Gasteiger partial charge in [-0.3, -0.25) is 4.79 Å². The van der Waals surface area contributed by atoms with Crippen molar-refractivity contribution in [1.29, 1.82) is 0 Å². The minimum atomic E-state index is -1.08. The Morgan fingerprint density at radius 1 is 1.16 bits per heavy atom. The standard InChI is InChI=1S/C24H28N4O3S/c1-14-10-17(12-19(11-14)28-23-25-9-8-15(2)27-23)20-13-26-22(32-20)24(3,31)18-6-4-16(5-7-18)21(29)30/h8-13,16,18,31H,4-7H2,1-3H3,(H,29,30)(H,25,27,28). The van der Waals surface area contributed by atoms with Crippen LogP contribution < -0.4 is 5.32 Å². The van der Waals surface area contributed by atoms with Crippen LogP contribution in [0.15, 0.2) is 36.7 Å². The van der Waals surface area contributed by atoms with E-state index in [1.54, 1.807) is 19.3 Å². The topological polar surface area (TPSA) is 108 Å². The number of carboxylic acids is 1. The van der Waals surface area contributed by atoms with E-state index >= 15 is 0 Å². The maximum Gasteiger partial charge on any atom is 0.306 e. The number of benzene rings is 1. The van der Waals surface area contributed by atoms with Crippen LogP contribution >= 0.6 is 11.3 Å². The third kappa shape index (κ3) is 4.81. The van der Waals surface area contributed by atoms with E-state index in [2.05, 4.69) is 26.3 Å². The zero-order chi connectivity index (χ0) is 22.9. The highest BCUT2D eigenvalue weighted by Crippen LogP contribution is 2.43. The molecule has 168 valence electrons. The van der Waals surface area contributed by atoms with Crippen molar-refractivity contribution >= 4 is 28.9 Å². The zero-order valence-corrected chi connectivity index (χ0v) is 19.3. The van der Waals surface area contributed by atoms with Gasteiger partial charge in [0.05, 0.1) is 10.8 Å². The van der Waals surface area contributed by atoms with Crippen LogP contribution in [-0.4, -0.2) is 31.1 Å². The van der Waals surface area contributed by atoms with Crippen molar-refractivity contribution in [2.75, 3.05) is 5.32 Å². The molecule has 1 fully saturated rings. The van der Waals surface area contributed by atoms with Gasteiger partial charge in [-0.05, 0) is 81.7 Å². The van der Waals surface area contributed by atoms with E-state index < -0.39 is 11.6 Å². The first-order valence-corrected chi connectivity index (χ1v) is 11.6. The van der Waals surface area contributed by atoms with Gasteiger partial charge < -0.3 is 15.5 Å². The molecule has 0 radical (unpaired) electrons. The van der Waals surface area contributed by atoms with Crippen LogP contribution in [0.4, 0.5) is 11.6 Å². The molecule has 3 N–H and O–H groups in total. The summed E-state index contributed by atoms with van der Waals surface area (Å²) in [5.74, 6) is -0.485. The molecule has 0 amide bonds. The van der Waals surface area contributed by atoms with Crippen molar-refractivity contribution in [1.82, 2.24) is 15.0 Å². The lowest BCUT2D eigenvalue weighted by molar-refractivity contribution is -0.144. The fraction of sp³-hybridized carbons (Fsp3) is 0.417. The molecule has 1 aliphatic rings. The number of hydrogen-bond donors (Lipinski definition) is 3. The predicted molar refractivity (Wildman–Crippen MR) is 125 cm³/mol. The van der Waals surface area contributed by atoms with Crippen molar-refractivity contribution < 1.29 is 15.0 Å². The lowest BCUT2D eigenvalue weighted by Gasteiger charge is -2.35. The number of nitrogens with zero attached hydrogens (tertiary/aromatic N) is 3. The summed E-state index contributed by atoms with van der Waals surface area (Å²) in [4.78, 5) is 25.4. The molecular formula is C24H28N4O3S. The summed E-state index contributed by atoms with van der Waals surface area (Å²) in [5.41, 5.74) is 2.80. The summed E-state index contributed by atoms with van der Waals surface area (Å²) in [6, 6.07) is 8.01. The molecule has 1 unspecified atom stereocenters. The Morgan fingerprint density at radius 2 is 1.91 bits per heavy atom. The normalized spacial score (nSPS) is 20.5. The molecule has 8 heteroatoms. The van der Waals surface area contributed by atoms with Crippen LogP contribution in [-0.2, 0) is 10.4 Å². The van der Waals surface area contributed by atoms with Crippen LogP contribution in [0.5, 0.6) is 0 Å². The van der Waals surface area contributed by atoms with E-state index in [-0.39, 0.29) is 11.8 Å². The van der Waals surface area contributed by atoms with Gasteiger partial charge in [0.2, 0.25) is 5.95 Å². The first-order valence-electron chi connectivity index (χ1n) is 10.8. The highest BCUT2D eigenvalue weighted by Gasteiger charge is 2.40. The number of aromatic nitrogens is 3. The number of carboxylic acid groups (broad SMARTS) is 1. The van der Waals surface area contributed by atoms with Crippen LogP contribution in [0.1, 0.15) is 48.9 Å². The monoisotopic (exact) mass is 452 g/mol. The molecule has 3 aromatic rings. The summed E-state index contributed by atoms with van der Waals surface area (Å²) in [7, 11) is 0. The molecule has 1 aromatic carbocycles. The van der Waals surface area contributed by atoms with Gasteiger partial charge in [0.1, 0.15) is 10.6 Å². The van der Waals surface area contributed by atoms with E-state index in [0.29, 0.717) is 36.6 Å². The number of carbonyl (C=O) groups is 1. The third-order valence-corrected chi connectivity index (χ3v) is 7.50. The van der Waals surface area contributed by atoms with E-state index in [1.165, 1.54) is 11.3 Å². The van der Waals surface area contributed by atoms with Crippen LogP contribution in [0, 0.1) is 25.7 Å². The molecular weight excluding hydrogens is 424 g/mol. The first-order chi connectivity index (χ1) is 15.2. The summed E-state index contributed by atoms with van der Waals surface area (Å²) >= 11 is 1.48. The summed E-state index contributed by atoms with van der Waals surface area (Å²) < 4.78 is 0. The van der Waals surface area contributed by atoms with Gasteiger partial charge in [0, 0.05) is 23.8 Å². The number of rotatable bonds is 6. The van der Waals surface area contributed by atoms with Gasteiger partial charge >= 0.3 is 5.97 Å². The Hall–Kier alpha value is -2.84. The van der Waals surface area contributed by atoms with Gasteiger partial charge in [-0.25, -0.2) is 15.0 Å². The van der Waals surface area contributed by atoms with Crippen LogP contribution in [0.25, 0.3) is 10.4 Å². The first kappa shape index (κ1) is 22.4. The molecule has 4 rings (SSSR count). The van der Waals surface area contributed by atoms with Crippen molar-refractivity contribution in [3.05, 3.63) is 52.9 Å². The van der Waals surface area contributed by atoms with Crippen molar-refractivity contribution in [3.8, 4) is 10.4 Å². The number of anilines is 2. The van der Waals surface area contributed by atoms with Gasteiger partial charge in [0.25, 0.3) is 0 Å². The number of aliphatic carboxylic acids is 1. The second-order valence-corrected chi connectivity index (χ2v) is 9.83. The van der Waals surface area contributed by atoms with Crippen molar-refractivity contribution in [2.24, 2.45) is 11.8 Å². The highest BCUT2D eigenvalue weighted by atomic mass is 32.1. The van der Waals surface area contributed by atoms with E-state index in [0.717, 1.165) is 27.4 Å². The Kier molecular flexibility index (Phi) is 6.26. The Morgan fingerprint density at radius 3 is 2.59 bits per heavy atom. The molecule has 1 saturated carbocycles. The molecule has 1 atom stereocenters. The molecule has 0 spiro atoms. The quantitative estimate of drug-likeness (QED) is 0.480. The molecule has 7 nitrogen and oxygen atoms in total. The largest absolute Gasteiger partial charge is 0.481 e. The van der Waals surface area contributed by atoms with Gasteiger partial charge in [-0.15, -0.1) is 11.3 Å². The SMILES string of the molecule is Cc1cc(Nc2nccc(C)n2)cc(-c2cnc(C(C)(O)C3CCC(C(=O)O)CC3)s2)c1. The Balaban J connectivity index is 1.54. The molecule has 2 aromatic heterocycles. The average molecular weight is 453 g/mol. The average Bonchev–Trinajstić information content (AvgIpc) is 3.25. The number of aliphatic hydroxyl groups is 1.